The Labute approximate surface area is 181 Å². The molecule has 0 radical (unpaired) electrons. The summed E-state index contributed by atoms with van der Waals surface area (Å²) in [5.74, 6) is 0.558. The van der Waals surface area contributed by atoms with E-state index in [-0.39, 0.29) is 10.9 Å². The number of halogens is 1. The van der Waals surface area contributed by atoms with Crippen molar-refractivity contribution in [3.8, 4) is 5.75 Å². The van der Waals surface area contributed by atoms with Crippen LogP contribution >= 0.6 is 11.6 Å². The van der Waals surface area contributed by atoms with Crippen LogP contribution in [0.2, 0.25) is 5.15 Å². The number of para-hydroxylation sites is 1. The molecule has 0 fully saturated rings. The number of nitrogens with zero attached hydrogens (tertiary/aromatic N) is 3. The zero-order chi connectivity index (χ0) is 21.5. The Morgan fingerprint density at radius 3 is 2.67 bits per heavy atom. The molecule has 8 heteroatoms. The van der Waals surface area contributed by atoms with Crippen molar-refractivity contribution < 1.29 is 13.2 Å². The maximum Gasteiger partial charge on any atom is 0.250 e. The number of ether oxygens (including phenoxy) is 1. The highest BCUT2D eigenvalue weighted by Crippen LogP contribution is 2.39. The summed E-state index contributed by atoms with van der Waals surface area (Å²) in [5.41, 5.74) is 3.96. The van der Waals surface area contributed by atoms with Crippen LogP contribution in [0.5, 0.6) is 5.75 Å². The lowest BCUT2D eigenvalue weighted by atomic mass is 9.98. The molecule has 0 aliphatic carbocycles. The van der Waals surface area contributed by atoms with Crippen LogP contribution in [0.4, 0.5) is 0 Å². The fourth-order valence-corrected chi connectivity index (χ4v) is 5.00. The first-order valence-corrected chi connectivity index (χ1v) is 11.6. The molecule has 2 aromatic carbocycles. The van der Waals surface area contributed by atoms with Crippen molar-refractivity contribution in [2.75, 3.05) is 12.9 Å². The Bertz CT molecular complexity index is 1260. The van der Waals surface area contributed by atoms with E-state index in [0.717, 1.165) is 16.5 Å². The number of pyridine rings is 1. The number of rotatable bonds is 5. The molecule has 0 saturated carbocycles. The third-order valence-corrected chi connectivity index (χ3v) is 7.18. The van der Waals surface area contributed by atoms with Gasteiger partial charge < -0.3 is 4.74 Å². The molecule has 0 unspecified atom stereocenters. The van der Waals surface area contributed by atoms with E-state index in [9.17, 15) is 8.42 Å². The molecule has 0 bridgehead atoms. The minimum atomic E-state index is -3.59. The fourth-order valence-electron chi connectivity index (χ4n) is 3.67. The van der Waals surface area contributed by atoms with Gasteiger partial charge in [0.1, 0.15) is 16.4 Å². The van der Waals surface area contributed by atoms with E-state index in [1.54, 1.807) is 14.0 Å². The van der Waals surface area contributed by atoms with Gasteiger partial charge in [0.25, 0.3) is 0 Å². The highest BCUT2D eigenvalue weighted by molar-refractivity contribution is 7.89. The Kier molecular flexibility index (Phi) is 5.42. The van der Waals surface area contributed by atoms with Crippen molar-refractivity contribution in [1.29, 1.82) is 0 Å². The summed E-state index contributed by atoms with van der Waals surface area (Å²) in [4.78, 5) is 4.51. The van der Waals surface area contributed by atoms with Crippen molar-refractivity contribution in [3.05, 3.63) is 70.4 Å². The summed E-state index contributed by atoms with van der Waals surface area (Å²) in [5, 5.41) is 5.58. The molecule has 2 heterocycles. The molecule has 30 heavy (non-hydrogen) atoms. The second-order valence-corrected chi connectivity index (χ2v) is 9.68. The van der Waals surface area contributed by atoms with Crippen LogP contribution in [0.25, 0.3) is 10.9 Å². The minimum Gasteiger partial charge on any atom is -0.494 e. The summed E-state index contributed by atoms with van der Waals surface area (Å²) in [6.45, 7) is 3.60. The summed E-state index contributed by atoms with van der Waals surface area (Å²) in [7, 11) is -2.02. The molecule has 6 nitrogen and oxygen atoms in total. The number of hydrogen-bond acceptors (Lipinski definition) is 5. The summed E-state index contributed by atoms with van der Waals surface area (Å²) in [6.07, 6.45) is 0.416. The van der Waals surface area contributed by atoms with Gasteiger partial charge in [0.15, 0.2) is 0 Å². The smallest absolute Gasteiger partial charge is 0.250 e. The zero-order valence-corrected chi connectivity index (χ0v) is 18.5. The zero-order valence-electron chi connectivity index (χ0n) is 17.0. The SMILES string of the molecule is CCS(=O)(=O)N1N=C(c2cccc(C)c2)C[C@@H]1c1cc2cccc(OC)c2nc1Cl. The fraction of sp³-hybridized carbons (Fsp3) is 0.273. The van der Waals surface area contributed by atoms with Gasteiger partial charge in [-0.1, -0.05) is 53.6 Å². The van der Waals surface area contributed by atoms with Crippen molar-refractivity contribution in [2.45, 2.75) is 26.3 Å². The van der Waals surface area contributed by atoms with Gasteiger partial charge in [-0.05, 0) is 31.5 Å². The van der Waals surface area contributed by atoms with E-state index in [1.165, 1.54) is 4.41 Å². The van der Waals surface area contributed by atoms with E-state index in [4.69, 9.17) is 16.3 Å². The van der Waals surface area contributed by atoms with E-state index >= 15 is 0 Å². The normalized spacial score (nSPS) is 16.7. The standard InChI is InChI=1S/C22H22ClN3O3S/c1-4-30(27,28)26-19(13-18(25-26)15-8-5-7-14(2)11-15)17-12-16-9-6-10-20(29-3)21(16)24-22(17)23/h5-12,19H,4,13H2,1-3H3/t19-/m1/s1. The van der Waals surface area contributed by atoms with E-state index in [0.29, 0.717) is 29.0 Å². The van der Waals surface area contributed by atoms with Gasteiger partial charge in [-0.25, -0.2) is 13.4 Å². The Morgan fingerprint density at radius 1 is 1.20 bits per heavy atom. The number of sulfonamides is 1. The van der Waals surface area contributed by atoms with Gasteiger partial charge >= 0.3 is 0 Å². The first-order valence-electron chi connectivity index (χ1n) is 9.64. The van der Waals surface area contributed by atoms with Gasteiger partial charge in [-0.2, -0.15) is 9.52 Å². The van der Waals surface area contributed by atoms with Gasteiger partial charge in [-0.15, -0.1) is 0 Å². The Balaban J connectivity index is 1.84. The predicted molar refractivity (Wildman–Crippen MR) is 120 cm³/mol. The first kappa shape index (κ1) is 20.6. The van der Waals surface area contributed by atoms with Gasteiger partial charge in [0.05, 0.1) is 24.6 Å². The van der Waals surface area contributed by atoms with Crippen LogP contribution in [-0.4, -0.2) is 36.4 Å². The van der Waals surface area contributed by atoms with Crippen LogP contribution in [0.1, 0.15) is 36.1 Å². The summed E-state index contributed by atoms with van der Waals surface area (Å²) < 4.78 is 32.3. The lowest BCUT2D eigenvalue weighted by Gasteiger charge is -2.23. The maximum atomic E-state index is 12.8. The number of hydrogen-bond donors (Lipinski definition) is 0. The van der Waals surface area contributed by atoms with Crippen molar-refractivity contribution in [2.24, 2.45) is 5.10 Å². The van der Waals surface area contributed by atoms with Gasteiger partial charge in [0.2, 0.25) is 10.0 Å². The van der Waals surface area contributed by atoms with Gasteiger partial charge in [0, 0.05) is 17.4 Å². The third-order valence-electron chi connectivity index (χ3n) is 5.24. The lowest BCUT2D eigenvalue weighted by Crippen LogP contribution is -2.28. The number of methoxy groups -OCH3 is 1. The molecule has 0 amide bonds. The number of aryl methyl sites for hydroxylation is 1. The Morgan fingerprint density at radius 2 is 1.97 bits per heavy atom. The monoisotopic (exact) mass is 443 g/mol. The van der Waals surface area contributed by atoms with Crippen LogP contribution in [0, 0.1) is 6.92 Å². The van der Waals surface area contributed by atoms with E-state index in [1.807, 2.05) is 55.5 Å². The van der Waals surface area contributed by atoms with Crippen molar-refractivity contribution in [1.82, 2.24) is 9.40 Å². The summed E-state index contributed by atoms with van der Waals surface area (Å²) in [6, 6.07) is 14.8. The number of fused-ring (bicyclic) bond motifs is 1. The molecule has 3 aromatic rings. The minimum absolute atomic E-state index is 0.0550. The molecule has 0 saturated heterocycles. The number of benzene rings is 2. The number of aromatic nitrogens is 1. The molecular formula is C22H22ClN3O3S. The largest absolute Gasteiger partial charge is 0.494 e. The van der Waals surface area contributed by atoms with Crippen molar-refractivity contribution >= 4 is 38.2 Å². The first-order chi connectivity index (χ1) is 14.3. The molecule has 0 N–H and O–H groups in total. The molecule has 1 aromatic heterocycles. The topological polar surface area (TPSA) is 71.9 Å². The van der Waals surface area contributed by atoms with E-state index in [2.05, 4.69) is 10.1 Å². The second kappa shape index (κ2) is 7.89. The Hall–Kier alpha value is -2.64. The van der Waals surface area contributed by atoms with Crippen LogP contribution in [-0.2, 0) is 10.0 Å². The van der Waals surface area contributed by atoms with Crippen LogP contribution in [0.3, 0.4) is 0 Å². The molecule has 1 atom stereocenters. The van der Waals surface area contributed by atoms with Crippen LogP contribution in [0.15, 0.2) is 53.6 Å². The van der Waals surface area contributed by atoms with E-state index < -0.39 is 16.1 Å². The second-order valence-electron chi connectivity index (χ2n) is 7.21. The maximum absolute atomic E-state index is 12.8. The number of hydrazone groups is 1. The molecular weight excluding hydrogens is 422 g/mol. The summed E-state index contributed by atoms with van der Waals surface area (Å²) >= 11 is 6.55. The molecule has 4 rings (SSSR count). The molecule has 1 aliphatic heterocycles. The third kappa shape index (κ3) is 3.63. The average Bonchev–Trinajstić information content (AvgIpc) is 3.19. The molecule has 0 spiro atoms. The lowest BCUT2D eigenvalue weighted by molar-refractivity contribution is 0.372. The van der Waals surface area contributed by atoms with Crippen molar-refractivity contribution in [3.63, 3.8) is 0 Å². The molecule has 156 valence electrons. The van der Waals surface area contributed by atoms with Crippen LogP contribution < -0.4 is 4.74 Å². The average molecular weight is 444 g/mol. The van der Waals surface area contributed by atoms with Gasteiger partial charge in [-0.3, -0.25) is 0 Å². The highest BCUT2D eigenvalue weighted by atomic mass is 35.5. The predicted octanol–water partition coefficient (Wildman–Crippen LogP) is 4.71. The highest BCUT2D eigenvalue weighted by Gasteiger charge is 2.37. The quantitative estimate of drug-likeness (QED) is 0.535. The molecule has 1 aliphatic rings.